The Morgan fingerprint density at radius 2 is 2.06 bits per heavy atom. The Kier molecular flexibility index (Phi) is 3.53. The van der Waals surface area contributed by atoms with Gasteiger partial charge in [-0.05, 0) is 30.2 Å². The predicted molar refractivity (Wildman–Crippen MR) is 63.3 cm³/mol. The van der Waals surface area contributed by atoms with Crippen LogP contribution in [-0.2, 0) is 6.54 Å². The molecular formula is C13H12F2N2O. The first-order valence-electron chi connectivity index (χ1n) is 5.38. The summed E-state index contributed by atoms with van der Waals surface area (Å²) in [6.07, 6.45) is 1.56. The molecule has 0 saturated carbocycles. The number of halogens is 2. The Morgan fingerprint density at radius 3 is 2.72 bits per heavy atom. The second-order valence-electron chi connectivity index (χ2n) is 3.83. The quantitative estimate of drug-likeness (QED) is 0.911. The monoisotopic (exact) mass is 250 g/mol. The van der Waals surface area contributed by atoms with E-state index in [2.05, 4.69) is 4.98 Å². The summed E-state index contributed by atoms with van der Waals surface area (Å²) < 4.78 is 31.5. The van der Waals surface area contributed by atoms with Gasteiger partial charge in [0.2, 0.25) is 5.88 Å². The molecule has 0 aliphatic heterocycles. The van der Waals surface area contributed by atoms with E-state index in [-0.39, 0.29) is 11.6 Å². The van der Waals surface area contributed by atoms with Crippen LogP contribution in [0.2, 0.25) is 0 Å². The molecule has 0 saturated heterocycles. The summed E-state index contributed by atoms with van der Waals surface area (Å²) in [7, 11) is 0. The Hall–Kier alpha value is -2.01. The summed E-state index contributed by atoms with van der Waals surface area (Å²) in [5.74, 6) is -1.20. The van der Waals surface area contributed by atoms with Gasteiger partial charge in [-0.3, -0.25) is 0 Å². The SMILES string of the molecule is Cc1cc(Oc2cc(F)ccc2F)ncc1CN. The molecule has 1 heterocycles. The van der Waals surface area contributed by atoms with Gasteiger partial charge in [-0.1, -0.05) is 0 Å². The normalized spacial score (nSPS) is 10.4. The highest BCUT2D eigenvalue weighted by molar-refractivity contribution is 5.33. The molecule has 3 nitrogen and oxygen atoms in total. The van der Waals surface area contributed by atoms with Gasteiger partial charge in [0.15, 0.2) is 11.6 Å². The van der Waals surface area contributed by atoms with Crippen molar-refractivity contribution in [2.45, 2.75) is 13.5 Å². The number of rotatable bonds is 3. The number of nitrogens with zero attached hydrogens (tertiary/aromatic N) is 1. The molecule has 0 aliphatic rings. The number of pyridine rings is 1. The molecule has 18 heavy (non-hydrogen) atoms. The van der Waals surface area contributed by atoms with E-state index in [1.807, 2.05) is 6.92 Å². The van der Waals surface area contributed by atoms with Crippen LogP contribution in [0.4, 0.5) is 8.78 Å². The van der Waals surface area contributed by atoms with Gasteiger partial charge in [-0.15, -0.1) is 0 Å². The van der Waals surface area contributed by atoms with Crippen molar-refractivity contribution in [1.29, 1.82) is 0 Å². The highest BCUT2D eigenvalue weighted by atomic mass is 19.1. The van der Waals surface area contributed by atoms with E-state index in [0.717, 1.165) is 29.3 Å². The minimum Gasteiger partial charge on any atom is -0.436 e. The van der Waals surface area contributed by atoms with E-state index in [1.54, 1.807) is 12.3 Å². The topological polar surface area (TPSA) is 48.1 Å². The Balaban J connectivity index is 2.28. The average Bonchev–Trinajstić information content (AvgIpc) is 2.34. The lowest BCUT2D eigenvalue weighted by Crippen LogP contribution is -2.01. The van der Waals surface area contributed by atoms with Gasteiger partial charge in [-0.2, -0.15) is 0 Å². The first-order valence-corrected chi connectivity index (χ1v) is 5.38. The maximum Gasteiger partial charge on any atom is 0.219 e. The van der Waals surface area contributed by atoms with Crippen LogP contribution in [0.15, 0.2) is 30.5 Å². The molecule has 0 atom stereocenters. The second kappa shape index (κ2) is 5.10. The van der Waals surface area contributed by atoms with Gasteiger partial charge in [0.05, 0.1) is 0 Å². The molecule has 94 valence electrons. The minimum atomic E-state index is -0.640. The van der Waals surface area contributed by atoms with Crippen LogP contribution < -0.4 is 10.5 Å². The smallest absolute Gasteiger partial charge is 0.219 e. The Labute approximate surface area is 103 Å². The van der Waals surface area contributed by atoms with E-state index in [0.29, 0.717) is 6.54 Å². The number of hydrogen-bond donors (Lipinski definition) is 1. The molecule has 0 spiro atoms. The van der Waals surface area contributed by atoms with Crippen molar-refractivity contribution in [2.24, 2.45) is 5.73 Å². The molecule has 0 radical (unpaired) electrons. The fraction of sp³-hybridized carbons (Fsp3) is 0.154. The van der Waals surface area contributed by atoms with Crippen molar-refractivity contribution in [1.82, 2.24) is 4.98 Å². The molecule has 0 aliphatic carbocycles. The van der Waals surface area contributed by atoms with Crippen molar-refractivity contribution in [3.05, 3.63) is 53.2 Å². The lowest BCUT2D eigenvalue weighted by atomic mass is 10.1. The Morgan fingerprint density at radius 1 is 1.28 bits per heavy atom. The highest BCUT2D eigenvalue weighted by Gasteiger charge is 2.08. The summed E-state index contributed by atoms with van der Waals surface area (Å²) >= 11 is 0. The number of benzene rings is 1. The third-order valence-electron chi connectivity index (χ3n) is 2.52. The zero-order valence-corrected chi connectivity index (χ0v) is 9.78. The third-order valence-corrected chi connectivity index (χ3v) is 2.52. The van der Waals surface area contributed by atoms with Crippen LogP contribution in [-0.4, -0.2) is 4.98 Å². The number of hydrogen-bond acceptors (Lipinski definition) is 3. The maximum absolute atomic E-state index is 13.4. The van der Waals surface area contributed by atoms with Crippen LogP contribution in [0.3, 0.4) is 0 Å². The predicted octanol–water partition coefficient (Wildman–Crippen LogP) is 2.92. The summed E-state index contributed by atoms with van der Waals surface area (Å²) in [6.45, 7) is 2.21. The maximum atomic E-state index is 13.4. The molecule has 0 fully saturated rings. The first-order chi connectivity index (χ1) is 8.60. The van der Waals surface area contributed by atoms with Gasteiger partial charge in [0.1, 0.15) is 5.82 Å². The third kappa shape index (κ3) is 2.62. The van der Waals surface area contributed by atoms with Crippen molar-refractivity contribution >= 4 is 0 Å². The second-order valence-corrected chi connectivity index (χ2v) is 3.83. The molecule has 0 unspecified atom stereocenters. The summed E-state index contributed by atoms with van der Waals surface area (Å²) in [5, 5.41) is 0. The number of aromatic nitrogens is 1. The average molecular weight is 250 g/mol. The van der Waals surface area contributed by atoms with Crippen molar-refractivity contribution in [3.8, 4) is 11.6 Å². The van der Waals surface area contributed by atoms with E-state index in [9.17, 15) is 8.78 Å². The van der Waals surface area contributed by atoms with E-state index in [4.69, 9.17) is 10.5 Å². The van der Waals surface area contributed by atoms with Crippen LogP contribution >= 0.6 is 0 Å². The van der Waals surface area contributed by atoms with Crippen LogP contribution in [0, 0.1) is 18.6 Å². The van der Waals surface area contributed by atoms with Crippen LogP contribution in [0.1, 0.15) is 11.1 Å². The fourth-order valence-electron chi connectivity index (χ4n) is 1.50. The molecular weight excluding hydrogens is 238 g/mol. The van der Waals surface area contributed by atoms with Crippen LogP contribution in [0.5, 0.6) is 11.6 Å². The summed E-state index contributed by atoms with van der Waals surface area (Å²) in [4.78, 5) is 3.99. The van der Waals surface area contributed by atoms with Crippen molar-refractivity contribution in [3.63, 3.8) is 0 Å². The molecule has 2 N–H and O–H groups in total. The molecule has 5 heteroatoms. The van der Waals surface area contributed by atoms with Gasteiger partial charge in [0.25, 0.3) is 0 Å². The first kappa shape index (κ1) is 12.4. The van der Waals surface area contributed by atoms with E-state index >= 15 is 0 Å². The van der Waals surface area contributed by atoms with Gasteiger partial charge in [0, 0.05) is 24.9 Å². The zero-order chi connectivity index (χ0) is 13.1. The molecule has 1 aromatic heterocycles. The molecule has 0 amide bonds. The van der Waals surface area contributed by atoms with Crippen molar-refractivity contribution in [2.75, 3.05) is 0 Å². The van der Waals surface area contributed by atoms with Crippen LogP contribution in [0.25, 0.3) is 0 Å². The molecule has 2 aromatic rings. The van der Waals surface area contributed by atoms with Gasteiger partial charge in [-0.25, -0.2) is 13.8 Å². The number of nitrogens with two attached hydrogens (primary N) is 1. The highest BCUT2D eigenvalue weighted by Crippen LogP contribution is 2.24. The fourth-order valence-corrected chi connectivity index (χ4v) is 1.50. The van der Waals surface area contributed by atoms with E-state index < -0.39 is 11.6 Å². The standard InChI is InChI=1S/C13H12F2N2O/c1-8-4-13(17-7-9(8)6-16)18-12-5-10(14)2-3-11(12)15/h2-5,7H,6,16H2,1H3. The molecule has 2 rings (SSSR count). The van der Waals surface area contributed by atoms with Gasteiger partial charge < -0.3 is 10.5 Å². The van der Waals surface area contributed by atoms with E-state index in [1.165, 1.54) is 0 Å². The minimum absolute atomic E-state index is 0.192. The van der Waals surface area contributed by atoms with Crippen molar-refractivity contribution < 1.29 is 13.5 Å². The number of aryl methyl sites for hydroxylation is 1. The Bertz CT molecular complexity index is 573. The lowest BCUT2D eigenvalue weighted by molar-refractivity contribution is 0.422. The summed E-state index contributed by atoms with van der Waals surface area (Å²) in [6, 6.07) is 4.64. The lowest BCUT2D eigenvalue weighted by Gasteiger charge is -2.08. The number of ether oxygens (including phenoxy) is 1. The molecule has 0 bridgehead atoms. The largest absolute Gasteiger partial charge is 0.436 e. The van der Waals surface area contributed by atoms with Gasteiger partial charge >= 0.3 is 0 Å². The molecule has 1 aromatic carbocycles. The summed E-state index contributed by atoms with van der Waals surface area (Å²) in [5.41, 5.74) is 7.27. The zero-order valence-electron chi connectivity index (χ0n) is 9.78.